The van der Waals surface area contributed by atoms with E-state index in [4.69, 9.17) is 16.3 Å². The summed E-state index contributed by atoms with van der Waals surface area (Å²) in [5.74, 6) is -1.20. The molecule has 4 rings (SSSR count). The number of amides is 2. The van der Waals surface area contributed by atoms with Gasteiger partial charge in [0, 0.05) is 31.4 Å². The molecule has 0 fully saturated rings. The smallest absolute Gasteiger partial charge is 0.290 e. The van der Waals surface area contributed by atoms with E-state index in [-0.39, 0.29) is 41.7 Å². The molecular weight excluding hydrogens is 545 g/mol. The molecule has 1 aliphatic rings. The highest BCUT2D eigenvalue weighted by Gasteiger charge is 2.35. The summed E-state index contributed by atoms with van der Waals surface area (Å²) in [6.45, 7) is 5.32. The van der Waals surface area contributed by atoms with E-state index in [2.05, 4.69) is 32.2 Å². The number of hydrogen-bond donors (Lipinski definition) is 4. The maximum absolute atomic E-state index is 14.0. The number of ether oxygens (including phenoxy) is 1. The first-order chi connectivity index (χ1) is 19.2. The van der Waals surface area contributed by atoms with E-state index in [0.717, 1.165) is 0 Å². The van der Waals surface area contributed by atoms with Crippen LogP contribution in [0.2, 0.25) is 5.02 Å². The van der Waals surface area contributed by atoms with Crippen LogP contribution >= 0.6 is 11.6 Å². The van der Waals surface area contributed by atoms with Gasteiger partial charge in [-0.25, -0.2) is 19.3 Å². The van der Waals surface area contributed by atoms with Crippen LogP contribution in [0.3, 0.4) is 0 Å². The molecule has 0 aliphatic carbocycles. The third-order valence-corrected chi connectivity index (χ3v) is 6.58. The van der Waals surface area contributed by atoms with Crippen LogP contribution in [0.25, 0.3) is 11.4 Å². The van der Waals surface area contributed by atoms with Gasteiger partial charge in [-0.1, -0.05) is 17.7 Å². The number of nitrogens with one attached hydrogen (secondary N) is 2. The van der Waals surface area contributed by atoms with Gasteiger partial charge >= 0.3 is 0 Å². The van der Waals surface area contributed by atoms with E-state index >= 15 is 0 Å². The van der Waals surface area contributed by atoms with Crippen molar-refractivity contribution < 1.29 is 28.9 Å². The number of carbonyl (C=O) groups excluding carboxylic acids is 2. The molecule has 12 nitrogen and oxygen atoms in total. The van der Waals surface area contributed by atoms with Crippen LogP contribution in [0, 0.1) is 5.82 Å². The van der Waals surface area contributed by atoms with Crippen molar-refractivity contribution >= 4 is 29.4 Å². The van der Waals surface area contributed by atoms with Gasteiger partial charge in [-0.05, 0) is 24.6 Å². The summed E-state index contributed by atoms with van der Waals surface area (Å²) in [7, 11) is 1.38. The van der Waals surface area contributed by atoms with Gasteiger partial charge in [0.15, 0.2) is 5.82 Å². The monoisotopic (exact) mass is 573 g/mol. The molecule has 0 spiro atoms. The molecular formula is C26H29ClFN7O5. The molecule has 3 heterocycles. The maximum Gasteiger partial charge on any atom is 0.290 e. The molecule has 40 heavy (non-hydrogen) atoms. The van der Waals surface area contributed by atoms with Crippen LogP contribution in [-0.2, 0) is 11.3 Å². The average Bonchev–Trinajstić information content (AvgIpc) is 3.39. The van der Waals surface area contributed by atoms with Gasteiger partial charge in [-0.15, -0.1) is 6.58 Å². The second-order valence-electron chi connectivity index (χ2n) is 9.11. The minimum atomic E-state index is -1.09. The van der Waals surface area contributed by atoms with Crippen molar-refractivity contribution in [1.29, 1.82) is 0 Å². The molecule has 0 saturated carbocycles. The summed E-state index contributed by atoms with van der Waals surface area (Å²) in [6, 6.07) is 1.52. The van der Waals surface area contributed by atoms with E-state index in [1.54, 1.807) is 17.7 Å². The van der Waals surface area contributed by atoms with Gasteiger partial charge in [-0.2, -0.15) is 0 Å². The van der Waals surface area contributed by atoms with Crippen molar-refractivity contribution in [3.63, 3.8) is 0 Å². The van der Waals surface area contributed by atoms with E-state index < -0.39 is 36.3 Å². The number of benzene rings is 1. The van der Waals surface area contributed by atoms with Crippen molar-refractivity contribution in [1.82, 2.24) is 29.7 Å². The second-order valence-corrected chi connectivity index (χ2v) is 9.52. The number of rotatable bonds is 11. The number of aliphatic hydroxyl groups is 2. The minimum absolute atomic E-state index is 0.0717. The largest absolute Gasteiger partial charge is 0.497 e. The maximum atomic E-state index is 14.0. The number of nitrogens with zero attached hydrogens (tertiary/aromatic N) is 5. The van der Waals surface area contributed by atoms with Crippen LogP contribution in [0.1, 0.15) is 29.1 Å². The lowest BCUT2D eigenvalue weighted by atomic mass is 10.1. The molecule has 1 aromatic carbocycles. The number of fused-ring (bicyclic) bond motifs is 1. The number of aliphatic hydroxyl groups excluding tert-OH is 2. The predicted octanol–water partition coefficient (Wildman–Crippen LogP) is 1.79. The molecule has 2 aromatic heterocycles. The molecule has 3 atom stereocenters. The van der Waals surface area contributed by atoms with Gasteiger partial charge in [0.1, 0.15) is 29.0 Å². The number of hydrogen-bond acceptors (Lipinski definition) is 9. The first-order valence-electron chi connectivity index (χ1n) is 12.4. The Kier molecular flexibility index (Phi) is 8.97. The molecule has 4 N–H and O–H groups in total. The molecule has 2 amide bonds. The highest BCUT2D eigenvalue weighted by molar-refractivity contribution is 6.32. The third-order valence-electron chi connectivity index (χ3n) is 6.31. The van der Waals surface area contributed by atoms with Crippen LogP contribution in [0.15, 0.2) is 43.2 Å². The average molecular weight is 574 g/mol. The number of halogens is 2. The predicted molar refractivity (Wildman–Crippen MR) is 144 cm³/mol. The lowest BCUT2D eigenvalue weighted by Gasteiger charge is -2.33. The first kappa shape index (κ1) is 28.9. The lowest BCUT2D eigenvalue weighted by molar-refractivity contribution is -0.125. The molecule has 0 saturated heterocycles. The zero-order chi connectivity index (χ0) is 29.0. The molecule has 0 unspecified atom stereocenters. The number of aromatic nitrogens is 4. The highest BCUT2D eigenvalue weighted by atomic mass is 35.5. The Labute approximate surface area is 234 Å². The van der Waals surface area contributed by atoms with Crippen LogP contribution in [0.4, 0.5) is 10.3 Å². The summed E-state index contributed by atoms with van der Waals surface area (Å²) >= 11 is 6.32. The van der Waals surface area contributed by atoms with Gasteiger partial charge in [0.2, 0.25) is 11.9 Å². The van der Waals surface area contributed by atoms with Gasteiger partial charge in [-0.3, -0.25) is 9.59 Å². The van der Waals surface area contributed by atoms with Gasteiger partial charge in [0.05, 0.1) is 37.6 Å². The summed E-state index contributed by atoms with van der Waals surface area (Å²) < 4.78 is 20.7. The van der Waals surface area contributed by atoms with Crippen molar-refractivity contribution in [2.75, 3.05) is 32.2 Å². The molecule has 3 aromatic rings. The van der Waals surface area contributed by atoms with Crippen molar-refractivity contribution in [2.24, 2.45) is 0 Å². The van der Waals surface area contributed by atoms with Crippen molar-refractivity contribution in [3.05, 3.63) is 65.5 Å². The summed E-state index contributed by atoms with van der Waals surface area (Å²) in [5, 5.41) is 25.0. The lowest BCUT2D eigenvalue weighted by Crippen LogP contribution is -2.53. The summed E-state index contributed by atoms with van der Waals surface area (Å²) in [6.07, 6.45) is 4.35. The Bertz CT molecular complexity index is 1420. The number of methoxy groups -OCH3 is 1. The molecule has 0 bridgehead atoms. The zero-order valence-electron chi connectivity index (χ0n) is 21.8. The number of anilines is 1. The molecule has 1 aliphatic heterocycles. The Balaban J connectivity index is 1.55. The standard InChI is InChI=1S/C26H29ClFN7O5/c1-4-21(24(38)32-20(13-37)15-7-16(28)9-17(8-15)40-3)35-6-5-34-11-19(31-23(34)25(35)39)22-18(27)10-29-26(33-22)30-14(2)12-36/h4,7-11,14,20-21,36-37H,1,5-6,12-13H2,2-3H3,(H,32,38)(H,29,30,33)/t14-,20+,21-/m0/s1. The Morgan fingerprint density at radius 1 is 1.27 bits per heavy atom. The van der Waals surface area contributed by atoms with Crippen molar-refractivity contribution in [3.8, 4) is 17.1 Å². The van der Waals surface area contributed by atoms with Crippen LogP contribution in [0.5, 0.6) is 5.75 Å². The summed E-state index contributed by atoms with van der Waals surface area (Å²) in [4.78, 5) is 40.9. The Morgan fingerprint density at radius 3 is 2.73 bits per heavy atom. The molecule has 0 radical (unpaired) electrons. The number of carbonyl (C=O) groups is 2. The third kappa shape index (κ3) is 6.06. The fraction of sp³-hybridized carbons (Fsp3) is 0.346. The minimum Gasteiger partial charge on any atom is -0.497 e. The topological polar surface area (TPSA) is 155 Å². The van der Waals surface area contributed by atoms with E-state index in [0.29, 0.717) is 23.5 Å². The molecule has 14 heteroatoms. The quantitative estimate of drug-likeness (QED) is 0.251. The van der Waals surface area contributed by atoms with Gasteiger partial charge < -0.3 is 35.1 Å². The first-order valence-corrected chi connectivity index (χ1v) is 12.7. The normalized spacial score (nSPS) is 15.2. The fourth-order valence-corrected chi connectivity index (χ4v) is 4.42. The van der Waals surface area contributed by atoms with E-state index in [1.807, 2.05) is 0 Å². The zero-order valence-corrected chi connectivity index (χ0v) is 22.6. The SMILES string of the molecule is C=C[C@@H](C(=O)N[C@H](CO)c1cc(F)cc(OC)c1)N1CCn2cc(-c3nc(N[C@@H](C)CO)ncc3Cl)nc2C1=O. The summed E-state index contributed by atoms with van der Waals surface area (Å²) in [5.41, 5.74) is 0.918. The Hall–Kier alpha value is -4.07. The molecule has 212 valence electrons. The Morgan fingerprint density at radius 2 is 2.05 bits per heavy atom. The van der Waals surface area contributed by atoms with E-state index in [9.17, 15) is 24.2 Å². The van der Waals surface area contributed by atoms with E-state index in [1.165, 1.54) is 42.5 Å². The van der Waals surface area contributed by atoms with Crippen LogP contribution in [-0.4, -0.2) is 85.4 Å². The fourth-order valence-electron chi connectivity index (χ4n) is 4.24. The highest BCUT2D eigenvalue weighted by Crippen LogP contribution is 2.28. The number of imidazole rings is 1. The van der Waals surface area contributed by atoms with Crippen LogP contribution < -0.4 is 15.4 Å². The van der Waals surface area contributed by atoms with Crippen molar-refractivity contribution in [2.45, 2.75) is 31.6 Å². The van der Waals surface area contributed by atoms with Gasteiger partial charge in [0.25, 0.3) is 5.91 Å². The second kappa shape index (κ2) is 12.4.